The summed E-state index contributed by atoms with van der Waals surface area (Å²) < 4.78 is 27.5. The van der Waals surface area contributed by atoms with Crippen molar-refractivity contribution in [1.82, 2.24) is 10.2 Å². The van der Waals surface area contributed by atoms with Crippen LogP contribution < -0.4 is 9.47 Å². The molecule has 0 bridgehead atoms. The lowest BCUT2D eigenvalue weighted by molar-refractivity contribution is 0.177. The number of rotatable bonds is 6. The SMILES string of the molecule is CC(C)Oc1nnc(-c2cc3c(OCC4CO4)cccc3o2)o1. The van der Waals surface area contributed by atoms with Crippen molar-refractivity contribution < 1.29 is 23.0 Å². The fourth-order valence-electron chi connectivity index (χ4n) is 2.17. The molecule has 3 aromatic rings. The standard InChI is InChI=1S/C16H16N2O5/c1-9(2)21-16-18-17-15(23-16)14-6-11-12(20-8-10-7-19-10)4-3-5-13(11)22-14/h3-6,9-10H,7-8H2,1-2H3. The van der Waals surface area contributed by atoms with Gasteiger partial charge in [-0.25, -0.2) is 0 Å². The Kier molecular flexibility index (Phi) is 3.42. The molecule has 120 valence electrons. The van der Waals surface area contributed by atoms with Gasteiger partial charge in [0.2, 0.25) is 0 Å². The second-order valence-electron chi connectivity index (χ2n) is 5.58. The van der Waals surface area contributed by atoms with Crippen LogP contribution >= 0.6 is 0 Å². The maximum Gasteiger partial charge on any atom is 0.415 e. The first-order valence-electron chi connectivity index (χ1n) is 7.46. The number of hydrogen-bond donors (Lipinski definition) is 0. The number of aromatic nitrogens is 2. The predicted octanol–water partition coefficient (Wildman–Crippen LogP) is 3.05. The zero-order chi connectivity index (χ0) is 15.8. The minimum Gasteiger partial charge on any atom is -0.490 e. The highest BCUT2D eigenvalue weighted by atomic mass is 16.6. The van der Waals surface area contributed by atoms with Gasteiger partial charge in [0.15, 0.2) is 5.76 Å². The Bertz CT molecular complexity index is 819. The van der Waals surface area contributed by atoms with Gasteiger partial charge in [0, 0.05) is 6.07 Å². The Morgan fingerprint density at radius 3 is 2.91 bits per heavy atom. The average molecular weight is 316 g/mol. The molecule has 1 unspecified atom stereocenters. The molecule has 3 heterocycles. The van der Waals surface area contributed by atoms with Gasteiger partial charge in [0.1, 0.15) is 24.0 Å². The van der Waals surface area contributed by atoms with Crippen LogP contribution in [0.25, 0.3) is 22.6 Å². The van der Waals surface area contributed by atoms with Crippen molar-refractivity contribution in [3.8, 4) is 23.5 Å². The molecule has 1 aliphatic rings. The smallest absolute Gasteiger partial charge is 0.415 e. The van der Waals surface area contributed by atoms with Crippen LogP contribution in [0.1, 0.15) is 13.8 Å². The number of nitrogens with zero attached hydrogens (tertiary/aromatic N) is 2. The Morgan fingerprint density at radius 2 is 2.13 bits per heavy atom. The van der Waals surface area contributed by atoms with Crippen molar-refractivity contribution in [1.29, 1.82) is 0 Å². The molecule has 0 saturated carbocycles. The molecule has 0 amide bonds. The highest BCUT2D eigenvalue weighted by Gasteiger charge is 2.24. The third kappa shape index (κ3) is 3.00. The zero-order valence-corrected chi connectivity index (χ0v) is 12.8. The number of hydrogen-bond acceptors (Lipinski definition) is 7. The fraction of sp³-hybridized carbons (Fsp3) is 0.375. The van der Waals surface area contributed by atoms with Crippen molar-refractivity contribution in [2.45, 2.75) is 26.1 Å². The van der Waals surface area contributed by atoms with E-state index in [1.165, 1.54) is 0 Å². The van der Waals surface area contributed by atoms with E-state index in [4.69, 9.17) is 23.0 Å². The summed E-state index contributed by atoms with van der Waals surface area (Å²) in [6.07, 6.45) is 0.282. The number of fused-ring (bicyclic) bond motifs is 1. The molecule has 0 aliphatic carbocycles. The highest BCUT2D eigenvalue weighted by molar-refractivity contribution is 5.87. The number of benzene rings is 1. The van der Waals surface area contributed by atoms with Gasteiger partial charge >= 0.3 is 6.08 Å². The maximum atomic E-state index is 5.77. The van der Waals surface area contributed by atoms with E-state index in [-0.39, 0.29) is 24.2 Å². The quantitative estimate of drug-likeness (QED) is 0.646. The van der Waals surface area contributed by atoms with E-state index < -0.39 is 0 Å². The molecule has 1 aromatic carbocycles. The van der Waals surface area contributed by atoms with Crippen molar-refractivity contribution in [2.24, 2.45) is 0 Å². The summed E-state index contributed by atoms with van der Waals surface area (Å²) in [5.74, 6) is 1.49. The van der Waals surface area contributed by atoms with E-state index >= 15 is 0 Å². The summed E-state index contributed by atoms with van der Waals surface area (Å²) in [4.78, 5) is 0. The van der Waals surface area contributed by atoms with E-state index in [1.54, 1.807) is 0 Å². The minimum absolute atomic E-state index is 0.0383. The van der Waals surface area contributed by atoms with Crippen molar-refractivity contribution in [3.05, 3.63) is 24.3 Å². The molecule has 1 saturated heterocycles. The molecule has 2 aromatic heterocycles. The zero-order valence-electron chi connectivity index (χ0n) is 12.8. The highest BCUT2D eigenvalue weighted by Crippen LogP contribution is 2.34. The van der Waals surface area contributed by atoms with Crippen LogP contribution in [0.3, 0.4) is 0 Å². The van der Waals surface area contributed by atoms with Gasteiger partial charge in [-0.2, -0.15) is 0 Å². The molecule has 0 radical (unpaired) electrons. The third-order valence-corrected chi connectivity index (χ3v) is 3.30. The molecular weight excluding hydrogens is 300 g/mol. The topological polar surface area (TPSA) is 83.1 Å². The molecule has 7 nitrogen and oxygen atoms in total. The molecule has 1 aliphatic heterocycles. The minimum atomic E-state index is -0.0383. The first-order valence-corrected chi connectivity index (χ1v) is 7.46. The van der Waals surface area contributed by atoms with E-state index in [0.717, 1.165) is 17.7 Å². The second kappa shape index (κ2) is 5.58. The summed E-state index contributed by atoms with van der Waals surface area (Å²) in [5.41, 5.74) is 0.693. The van der Waals surface area contributed by atoms with E-state index in [1.807, 2.05) is 38.1 Å². The van der Waals surface area contributed by atoms with Crippen LogP contribution in [0.15, 0.2) is 33.1 Å². The van der Waals surface area contributed by atoms with E-state index in [9.17, 15) is 0 Å². The lowest BCUT2D eigenvalue weighted by Crippen LogP contribution is -2.05. The van der Waals surface area contributed by atoms with Crippen LogP contribution in [0.2, 0.25) is 0 Å². The Morgan fingerprint density at radius 1 is 1.26 bits per heavy atom. The molecule has 4 rings (SSSR count). The third-order valence-electron chi connectivity index (χ3n) is 3.30. The predicted molar refractivity (Wildman–Crippen MR) is 80.5 cm³/mol. The first kappa shape index (κ1) is 14.1. The number of epoxide rings is 1. The first-order chi connectivity index (χ1) is 11.2. The average Bonchev–Trinajstić information content (AvgIpc) is 3.05. The molecule has 1 atom stereocenters. The van der Waals surface area contributed by atoms with Gasteiger partial charge < -0.3 is 23.0 Å². The van der Waals surface area contributed by atoms with Crippen LogP contribution in [-0.2, 0) is 4.74 Å². The summed E-state index contributed by atoms with van der Waals surface area (Å²) in [6, 6.07) is 7.46. The van der Waals surface area contributed by atoms with E-state index in [0.29, 0.717) is 18.0 Å². The van der Waals surface area contributed by atoms with Gasteiger partial charge in [-0.15, -0.1) is 5.10 Å². The maximum absolute atomic E-state index is 5.77. The Hall–Kier alpha value is -2.54. The fourth-order valence-corrected chi connectivity index (χ4v) is 2.17. The molecule has 1 fully saturated rings. The lowest BCUT2D eigenvalue weighted by Gasteiger charge is -2.04. The van der Waals surface area contributed by atoms with Crippen LogP contribution in [0.5, 0.6) is 11.8 Å². The van der Waals surface area contributed by atoms with Gasteiger partial charge in [0.25, 0.3) is 5.89 Å². The van der Waals surface area contributed by atoms with Gasteiger partial charge in [-0.1, -0.05) is 11.2 Å². The largest absolute Gasteiger partial charge is 0.490 e. The Balaban J connectivity index is 1.62. The van der Waals surface area contributed by atoms with Crippen molar-refractivity contribution in [3.63, 3.8) is 0 Å². The number of furan rings is 1. The monoisotopic (exact) mass is 316 g/mol. The van der Waals surface area contributed by atoms with Gasteiger partial charge in [-0.3, -0.25) is 0 Å². The second-order valence-corrected chi connectivity index (χ2v) is 5.58. The Labute approximate surface area is 132 Å². The molecule has 23 heavy (non-hydrogen) atoms. The van der Waals surface area contributed by atoms with Crippen LogP contribution in [0.4, 0.5) is 0 Å². The van der Waals surface area contributed by atoms with E-state index in [2.05, 4.69) is 10.2 Å². The van der Waals surface area contributed by atoms with Crippen molar-refractivity contribution in [2.75, 3.05) is 13.2 Å². The molecular formula is C16H16N2O5. The normalized spacial score (nSPS) is 16.9. The molecule has 7 heteroatoms. The summed E-state index contributed by atoms with van der Waals surface area (Å²) in [6.45, 7) is 5.07. The van der Waals surface area contributed by atoms with Crippen LogP contribution in [-0.4, -0.2) is 35.6 Å². The van der Waals surface area contributed by atoms with Gasteiger partial charge in [-0.05, 0) is 26.0 Å². The van der Waals surface area contributed by atoms with Gasteiger partial charge in [0.05, 0.1) is 18.1 Å². The van der Waals surface area contributed by atoms with Crippen LogP contribution in [0, 0.1) is 0 Å². The lowest BCUT2D eigenvalue weighted by atomic mass is 10.2. The molecule has 0 N–H and O–H groups in total. The van der Waals surface area contributed by atoms with Crippen molar-refractivity contribution >= 4 is 11.0 Å². The summed E-state index contributed by atoms with van der Waals surface area (Å²) in [7, 11) is 0. The molecule has 0 spiro atoms. The number of ether oxygens (including phenoxy) is 3. The summed E-state index contributed by atoms with van der Waals surface area (Å²) in [5, 5.41) is 8.65. The summed E-state index contributed by atoms with van der Waals surface area (Å²) >= 11 is 0.